The number of methoxy groups -OCH3 is 2. The molecular formula is C41H35ClFN3O7. The van der Waals surface area contributed by atoms with Gasteiger partial charge in [0.25, 0.3) is 11.8 Å². The first-order chi connectivity index (χ1) is 25.6. The van der Waals surface area contributed by atoms with Gasteiger partial charge >= 0.3 is 0 Å². The molecule has 3 fully saturated rings. The molecule has 1 saturated carbocycles. The first-order valence-corrected chi connectivity index (χ1v) is 17.7. The maximum Gasteiger partial charge on any atom is 0.260 e. The summed E-state index contributed by atoms with van der Waals surface area (Å²) < 4.78 is 25.0. The van der Waals surface area contributed by atoms with Gasteiger partial charge in [0.1, 0.15) is 5.82 Å². The predicted octanol–water partition coefficient (Wildman–Crippen LogP) is 6.39. The minimum Gasteiger partial charge on any atom is -0.502 e. The summed E-state index contributed by atoms with van der Waals surface area (Å²) in [4.78, 5) is 59.9. The molecule has 2 saturated heterocycles. The number of hydrazine groups is 1. The maximum atomic E-state index is 15.3. The van der Waals surface area contributed by atoms with Crippen molar-refractivity contribution < 1.29 is 38.1 Å². The van der Waals surface area contributed by atoms with Crippen LogP contribution in [0.1, 0.15) is 35.4 Å². The summed E-state index contributed by atoms with van der Waals surface area (Å²) in [6.45, 7) is 0.119. The molecule has 53 heavy (non-hydrogen) atoms. The second-order valence-electron chi connectivity index (χ2n) is 13.9. The van der Waals surface area contributed by atoms with Gasteiger partial charge in [-0.25, -0.2) is 4.39 Å². The SMILES string of the molecule is COc1cc([C@H]2C3=CC[C@@H]4C(=O)N(Cc5ccccc5)C(=O)[C@@H]4[C@@H]3C[C@H]3C(=O)N(Nc4ccc(F)cc4)C(=O)[C@@]23c2ccc(Cl)cc2)cc(OC)c1O. The molecule has 10 nitrogen and oxygen atoms in total. The van der Waals surface area contributed by atoms with Crippen LogP contribution in [0, 0.1) is 29.5 Å². The predicted molar refractivity (Wildman–Crippen MR) is 192 cm³/mol. The second-order valence-corrected chi connectivity index (χ2v) is 14.3. The van der Waals surface area contributed by atoms with Crippen molar-refractivity contribution >= 4 is 40.9 Å². The molecule has 12 heteroatoms. The van der Waals surface area contributed by atoms with Crippen molar-refractivity contribution in [2.75, 3.05) is 19.6 Å². The number of nitrogens with zero attached hydrogens (tertiary/aromatic N) is 2. The van der Waals surface area contributed by atoms with Crippen molar-refractivity contribution in [3.05, 3.63) is 130 Å². The molecule has 0 radical (unpaired) electrons. The van der Waals surface area contributed by atoms with E-state index in [9.17, 15) is 23.9 Å². The minimum atomic E-state index is -1.60. The van der Waals surface area contributed by atoms with Crippen LogP contribution < -0.4 is 14.9 Å². The molecule has 2 aliphatic carbocycles. The summed E-state index contributed by atoms with van der Waals surface area (Å²) >= 11 is 6.38. The van der Waals surface area contributed by atoms with Crippen LogP contribution in [0.25, 0.3) is 0 Å². The number of rotatable bonds is 8. The van der Waals surface area contributed by atoms with Gasteiger partial charge in [-0.15, -0.1) is 0 Å². The zero-order valence-corrected chi connectivity index (χ0v) is 29.5. The normalized spacial score (nSPS) is 26.2. The number of benzene rings is 4. The number of imide groups is 2. The summed E-state index contributed by atoms with van der Waals surface area (Å²) in [5, 5.41) is 12.4. The Hall–Kier alpha value is -5.68. The number of anilines is 1. The zero-order valence-electron chi connectivity index (χ0n) is 28.8. The Labute approximate surface area is 309 Å². The summed E-state index contributed by atoms with van der Waals surface area (Å²) in [6, 6.07) is 24.6. The second kappa shape index (κ2) is 13.1. The Bertz CT molecular complexity index is 2150. The molecule has 2 heterocycles. The molecule has 2 N–H and O–H groups in total. The van der Waals surface area contributed by atoms with Crippen LogP contribution in [0.3, 0.4) is 0 Å². The number of hydrogen-bond donors (Lipinski definition) is 2. The number of phenols is 1. The lowest BCUT2D eigenvalue weighted by atomic mass is 9.49. The molecule has 0 bridgehead atoms. The quantitative estimate of drug-likeness (QED) is 0.158. The summed E-state index contributed by atoms with van der Waals surface area (Å²) in [5.41, 5.74) is 4.18. The van der Waals surface area contributed by atoms with Crippen LogP contribution in [-0.4, -0.2) is 52.9 Å². The molecule has 0 unspecified atom stereocenters. The lowest BCUT2D eigenvalue weighted by Crippen LogP contribution is -2.53. The molecular weight excluding hydrogens is 701 g/mol. The van der Waals surface area contributed by atoms with Crippen molar-refractivity contribution in [2.24, 2.45) is 23.7 Å². The number of nitrogens with one attached hydrogen (secondary N) is 1. The van der Waals surface area contributed by atoms with Crippen molar-refractivity contribution in [3.8, 4) is 17.2 Å². The number of carbonyl (C=O) groups excluding carboxylic acids is 4. The molecule has 4 aromatic rings. The van der Waals surface area contributed by atoms with E-state index < -0.39 is 52.6 Å². The van der Waals surface area contributed by atoms with Gasteiger partial charge in [0.15, 0.2) is 11.5 Å². The van der Waals surface area contributed by atoms with Crippen LogP contribution in [0.15, 0.2) is 103 Å². The molecule has 0 aromatic heterocycles. The molecule has 2 aliphatic heterocycles. The van der Waals surface area contributed by atoms with E-state index in [2.05, 4.69) is 5.43 Å². The zero-order chi connectivity index (χ0) is 37.2. The lowest BCUT2D eigenvalue weighted by Gasteiger charge is -2.50. The molecule has 4 aliphatic rings. The molecule has 8 rings (SSSR count). The van der Waals surface area contributed by atoms with E-state index in [4.69, 9.17) is 21.1 Å². The number of aromatic hydroxyl groups is 1. The Kier molecular flexibility index (Phi) is 8.48. The standard InChI is InChI=1S/C41H35ClFN3O7/c1-52-32-18-23(19-33(53-2)36(32)47)35-28-16-17-29-34(39(50)45(37(29)48)21-22-6-4-3-5-7-22)30(28)20-31-38(49)46(44-27-14-12-26(43)13-15-27)40(51)41(31,35)24-8-10-25(42)11-9-24/h3-16,18-19,29-31,34-35,44,47H,17,20-21H2,1-2H3/t29-,30+,31-,34-,35-,41+/m0/s1. The Balaban J connectivity index is 1.33. The van der Waals surface area contributed by atoms with Gasteiger partial charge in [0.2, 0.25) is 17.6 Å². The van der Waals surface area contributed by atoms with E-state index in [1.165, 1.54) is 43.4 Å². The van der Waals surface area contributed by atoms with Crippen LogP contribution in [0.2, 0.25) is 5.02 Å². The first kappa shape index (κ1) is 34.4. The fourth-order valence-corrected chi connectivity index (χ4v) is 9.22. The van der Waals surface area contributed by atoms with Gasteiger partial charge in [-0.05, 0) is 84.0 Å². The van der Waals surface area contributed by atoms with E-state index in [0.717, 1.165) is 16.1 Å². The summed E-state index contributed by atoms with van der Waals surface area (Å²) in [5.74, 6) is -6.25. The number of ether oxygens (including phenoxy) is 2. The third-order valence-corrected chi connectivity index (χ3v) is 11.6. The van der Waals surface area contributed by atoms with Gasteiger partial charge in [-0.3, -0.25) is 29.5 Å². The number of hydrogen-bond acceptors (Lipinski definition) is 8. The monoisotopic (exact) mass is 735 g/mol. The van der Waals surface area contributed by atoms with Crippen LogP contribution >= 0.6 is 11.6 Å². The third kappa shape index (κ3) is 5.28. The van der Waals surface area contributed by atoms with E-state index in [1.807, 2.05) is 36.4 Å². The van der Waals surface area contributed by atoms with Crippen molar-refractivity contribution in [3.63, 3.8) is 0 Å². The highest BCUT2D eigenvalue weighted by Gasteiger charge is 2.70. The Morgan fingerprint density at radius 3 is 2.17 bits per heavy atom. The van der Waals surface area contributed by atoms with Crippen molar-refractivity contribution in [1.29, 1.82) is 0 Å². The lowest BCUT2D eigenvalue weighted by molar-refractivity contribution is -0.142. The highest BCUT2D eigenvalue weighted by molar-refractivity contribution is 6.30. The number of phenolic OH excluding ortho intramolecular Hbond substituents is 1. The number of allylic oxidation sites excluding steroid dienone is 2. The fourth-order valence-electron chi connectivity index (χ4n) is 9.10. The van der Waals surface area contributed by atoms with E-state index in [1.54, 1.807) is 36.4 Å². The minimum absolute atomic E-state index is 0.0813. The number of fused-ring (bicyclic) bond motifs is 4. The molecule has 4 amide bonds. The molecule has 4 aromatic carbocycles. The van der Waals surface area contributed by atoms with Gasteiger partial charge in [-0.2, -0.15) is 5.01 Å². The molecule has 270 valence electrons. The maximum absolute atomic E-state index is 15.3. The van der Waals surface area contributed by atoms with E-state index in [-0.39, 0.29) is 48.4 Å². The average molecular weight is 736 g/mol. The summed E-state index contributed by atoms with van der Waals surface area (Å²) in [6.07, 6.45) is 2.28. The third-order valence-electron chi connectivity index (χ3n) is 11.4. The smallest absolute Gasteiger partial charge is 0.260 e. The van der Waals surface area contributed by atoms with Gasteiger partial charge in [0.05, 0.1) is 49.6 Å². The van der Waals surface area contributed by atoms with Crippen LogP contribution in [0.5, 0.6) is 17.2 Å². The number of carbonyl (C=O) groups is 4. The van der Waals surface area contributed by atoms with Crippen LogP contribution in [0.4, 0.5) is 10.1 Å². The van der Waals surface area contributed by atoms with Gasteiger partial charge in [-0.1, -0.05) is 65.7 Å². The first-order valence-electron chi connectivity index (χ1n) is 17.3. The largest absolute Gasteiger partial charge is 0.502 e. The molecule has 6 atom stereocenters. The topological polar surface area (TPSA) is 125 Å². The highest BCUT2D eigenvalue weighted by atomic mass is 35.5. The van der Waals surface area contributed by atoms with Gasteiger partial charge < -0.3 is 14.6 Å². The number of likely N-dealkylation sites (tertiary alicyclic amines) is 1. The Morgan fingerprint density at radius 1 is 0.868 bits per heavy atom. The van der Waals surface area contributed by atoms with E-state index in [0.29, 0.717) is 21.8 Å². The van der Waals surface area contributed by atoms with Crippen molar-refractivity contribution in [2.45, 2.75) is 30.7 Å². The average Bonchev–Trinajstić information content (AvgIpc) is 3.53. The van der Waals surface area contributed by atoms with Crippen molar-refractivity contribution in [1.82, 2.24) is 9.91 Å². The number of amides is 4. The van der Waals surface area contributed by atoms with E-state index >= 15 is 4.79 Å². The highest BCUT2D eigenvalue weighted by Crippen LogP contribution is 2.65. The van der Waals surface area contributed by atoms with Gasteiger partial charge in [0, 0.05) is 10.9 Å². The number of halogens is 2. The fraction of sp³-hybridized carbons (Fsp3) is 0.268. The molecule has 0 spiro atoms. The van der Waals surface area contributed by atoms with Crippen LogP contribution in [-0.2, 0) is 31.1 Å². The Morgan fingerprint density at radius 2 is 1.53 bits per heavy atom. The summed E-state index contributed by atoms with van der Waals surface area (Å²) in [7, 11) is 2.79.